The molecule has 12 nitrogen and oxygen atoms in total. The summed E-state index contributed by atoms with van der Waals surface area (Å²) < 4.78 is 34.7. The molecule has 5 rings (SSSR count). The topological polar surface area (TPSA) is 140 Å². The Hall–Kier alpha value is -4.09. The summed E-state index contributed by atoms with van der Waals surface area (Å²) in [7, 11) is 2.97. The van der Waals surface area contributed by atoms with Gasteiger partial charge in [0.1, 0.15) is 40.4 Å². The third-order valence-electron chi connectivity index (χ3n) is 10.7. The maximum atomic E-state index is 13.3. The molecule has 1 saturated heterocycles. The highest BCUT2D eigenvalue weighted by atomic mass is 16.6. The fourth-order valence-electron chi connectivity index (χ4n) is 7.74. The standard InChI is InChI=1S/C43H62N2O10/c1-40(2,3)30(37(47)54-41(4,5)6)23-35(46)52-34-21-26(34)15-13-12-14-16-32-36-28(29-22-27(50-10)17-18-31(29)44-32)19-20-43(53-36)24-33(38(48)51-11)45(25-43)39(49)55-42(7,8)9/h17-18,22,26,30,33-34H,12-16,19-21,23-25H2,1-11H3/t26-,30-,33+,34-,43-/m1/s1. The van der Waals surface area contributed by atoms with Crippen molar-refractivity contribution < 1.29 is 47.6 Å². The van der Waals surface area contributed by atoms with Crippen LogP contribution in [0, 0.1) is 17.3 Å². The van der Waals surface area contributed by atoms with E-state index in [4.69, 9.17) is 33.4 Å². The third kappa shape index (κ3) is 10.6. The minimum absolute atomic E-state index is 0.00321. The maximum Gasteiger partial charge on any atom is 0.411 e. The molecule has 0 unspecified atom stereocenters. The largest absolute Gasteiger partial charge is 0.497 e. The number of benzene rings is 1. The Bertz CT molecular complexity index is 1750. The molecule has 304 valence electrons. The first-order valence-corrected chi connectivity index (χ1v) is 19.8. The number of pyridine rings is 1. The molecule has 0 N–H and O–H groups in total. The van der Waals surface area contributed by atoms with Crippen molar-refractivity contribution in [3.63, 3.8) is 0 Å². The van der Waals surface area contributed by atoms with Crippen LogP contribution in [0.4, 0.5) is 4.79 Å². The maximum absolute atomic E-state index is 13.3. The number of amides is 1. The molecule has 1 aromatic carbocycles. The van der Waals surface area contributed by atoms with Gasteiger partial charge >= 0.3 is 24.0 Å². The molecule has 0 radical (unpaired) electrons. The Balaban J connectivity index is 1.22. The number of aromatic nitrogens is 1. The van der Waals surface area contributed by atoms with Crippen molar-refractivity contribution in [1.82, 2.24) is 9.88 Å². The molecule has 1 amide bonds. The van der Waals surface area contributed by atoms with Crippen LogP contribution in [0.2, 0.25) is 0 Å². The van der Waals surface area contributed by atoms with E-state index in [0.29, 0.717) is 31.6 Å². The molecule has 12 heteroatoms. The summed E-state index contributed by atoms with van der Waals surface area (Å²) in [6, 6.07) is 5.05. The smallest absolute Gasteiger partial charge is 0.411 e. The molecule has 0 bridgehead atoms. The molecule has 5 atom stereocenters. The van der Waals surface area contributed by atoms with Crippen molar-refractivity contribution in [2.24, 2.45) is 17.3 Å². The summed E-state index contributed by atoms with van der Waals surface area (Å²) in [5.74, 6) is -0.0382. The van der Waals surface area contributed by atoms with Crippen molar-refractivity contribution in [3.8, 4) is 11.5 Å². The molecule has 2 fully saturated rings. The monoisotopic (exact) mass is 766 g/mol. The van der Waals surface area contributed by atoms with E-state index in [1.807, 2.05) is 59.7 Å². The van der Waals surface area contributed by atoms with Gasteiger partial charge in [0.05, 0.1) is 44.3 Å². The number of esters is 3. The number of hydrogen-bond donors (Lipinski definition) is 0. The fourth-order valence-corrected chi connectivity index (χ4v) is 7.74. The fraction of sp³-hybridized carbons (Fsp3) is 0.698. The van der Waals surface area contributed by atoms with E-state index in [2.05, 4.69) is 0 Å². The van der Waals surface area contributed by atoms with Crippen LogP contribution in [-0.2, 0) is 46.2 Å². The van der Waals surface area contributed by atoms with Crippen LogP contribution in [0.25, 0.3) is 10.9 Å². The van der Waals surface area contributed by atoms with Gasteiger partial charge in [-0.25, -0.2) is 14.6 Å². The molecule has 2 aromatic rings. The molecule has 2 aliphatic heterocycles. The highest BCUT2D eigenvalue weighted by Crippen LogP contribution is 2.46. The summed E-state index contributed by atoms with van der Waals surface area (Å²) in [5.41, 5.74) is 0.176. The van der Waals surface area contributed by atoms with Crippen LogP contribution in [0.5, 0.6) is 11.5 Å². The number of nitrogens with zero attached hydrogens (tertiary/aromatic N) is 2. The van der Waals surface area contributed by atoms with Gasteiger partial charge in [0.15, 0.2) is 0 Å². The van der Waals surface area contributed by atoms with Crippen LogP contribution >= 0.6 is 0 Å². The number of rotatable bonds is 12. The lowest BCUT2D eigenvalue weighted by Gasteiger charge is -2.37. The number of carbonyl (C=O) groups is 4. The first kappa shape index (κ1) is 42.1. The summed E-state index contributed by atoms with van der Waals surface area (Å²) in [6.07, 6.45) is 6.20. The second-order valence-corrected chi connectivity index (χ2v) is 18.7. The van der Waals surface area contributed by atoms with Crippen LogP contribution in [-0.4, -0.2) is 83.6 Å². The Kier molecular flexibility index (Phi) is 12.4. The van der Waals surface area contributed by atoms with Crippen molar-refractivity contribution >= 4 is 34.9 Å². The van der Waals surface area contributed by atoms with Gasteiger partial charge in [-0.05, 0) is 110 Å². The van der Waals surface area contributed by atoms with Gasteiger partial charge < -0.3 is 28.4 Å². The van der Waals surface area contributed by atoms with Crippen molar-refractivity contribution in [2.45, 2.75) is 155 Å². The summed E-state index contributed by atoms with van der Waals surface area (Å²) in [5, 5.41) is 0.966. The number of hydrogen-bond acceptors (Lipinski definition) is 11. The first-order chi connectivity index (χ1) is 25.6. The highest BCUT2D eigenvalue weighted by molar-refractivity contribution is 5.87. The predicted molar refractivity (Wildman–Crippen MR) is 207 cm³/mol. The Labute approximate surface area is 326 Å². The zero-order chi connectivity index (χ0) is 40.5. The number of likely N-dealkylation sites (tertiary alicyclic amines) is 1. The number of fused-ring (bicyclic) bond motifs is 3. The normalized spacial score (nSPS) is 22.7. The molecule has 1 aromatic heterocycles. The lowest BCUT2D eigenvalue weighted by Crippen LogP contribution is -2.46. The van der Waals surface area contributed by atoms with Gasteiger partial charge in [-0.2, -0.15) is 0 Å². The van der Waals surface area contributed by atoms with Gasteiger partial charge in [-0.3, -0.25) is 14.5 Å². The van der Waals surface area contributed by atoms with E-state index in [9.17, 15) is 19.2 Å². The summed E-state index contributed by atoms with van der Waals surface area (Å²) in [6.45, 7) is 16.9. The van der Waals surface area contributed by atoms with Crippen LogP contribution in [0.1, 0.15) is 125 Å². The van der Waals surface area contributed by atoms with Crippen molar-refractivity contribution in [3.05, 3.63) is 29.5 Å². The molecule has 1 aliphatic carbocycles. The molecule has 1 saturated carbocycles. The number of aryl methyl sites for hydroxylation is 2. The van der Waals surface area contributed by atoms with Gasteiger partial charge in [0.25, 0.3) is 0 Å². The molecule has 3 aliphatic rings. The highest BCUT2D eigenvalue weighted by Gasteiger charge is 2.54. The van der Waals surface area contributed by atoms with E-state index >= 15 is 0 Å². The lowest BCUT2D eigenvalue weighted by molar-refractivity contribution is -0.168. The van der Waals surface area contributed by atoms with Gasteiger partial charge in [0, 0.05) is 17.4 Å². The van der Waals surface area contributed by atoms with Crippen molar-refractivity contribution in [1.29, 1.82) is 0 Å². The minimum atomic E-state index is -0.825. The van der Waals surface area contributed by atoms with Crippen LogP contribution in [0.15, 0.2) is 18.2 Å². The van der Waals surface area contributed by atoms with E-state index in [-0.39, 0.29) is 31.0 Å². The average Bonchev–Trinajstić information content (AvgIpc) is 3.71. The second kappa shape index (κ2) is 16.2. The number of carbonyl (C=O) groups excluding carboxylic acids is 4. The Morgan fingerprint density at radius 1 is 0.964 bits per heavy atom. The van der Waals surface area contributed by atoms with Crippen LogP contribution in [0.3, 0.4) is 0 Å². The van der Waals surface area contributed by atoms with Gasteiger partial charge in [-0.1, -0.05) is 33.6 Å². The molecule has 3 heterocycles. The minimum Gasteiger partial charge on any atom is -0.497 e. The number of unbranched alkanes of at least 4 members (excludes halogenated alkanes) is 2. The SMILES string of the molecule is COC(=O)[C@@H]1C[C@]2(CCc3c(c(CCCCC[C@@H]4C[C@H]4OC(=O)C[C@H](C(=O)OC(C)(C)C)C(C)(C)C)nc4ccc(OC)cc34)O2)CN1C(=O)OC(C)(C)C. The van der Waals surface area contributed by atoms with Crippen molar-refractivity contribution in [2.75, 3.05) is 20.8 Å². The van der Waals surface area contributed by atoms with Gasteiger partial charge in [-0.15, -0.1) is 0 Å². The quantitative estimate of drug-likeness (QED) is 0.118. The van der Waals surface area contributed by atoms with E-state index in [1.165, 1.54) is 12.0 Å². The molecule has 55 heavy (non-hydrogen) atoms. The zero-order valence-electron chi connectivity index (χ0n) is 34.8. The number of ether oxygens (including phenoxy) is 6. The summed E-state index contributed by atoms with van der Waals surface area (Å²) >= 11 is 0. The second-order valence-electron chi connectivity index (χ2n) is 18.7. The third-order valence-corrected chi connectivity index (χ3v) is 10.7. The van der Waals surface area contributed by atoms with Gasteiger partial charge in [0.2, 0.25) is 0 Å². The molecular formula is C43H62N2O10. The van der Waals surface area contributed by atoms with E-state index in [0.717, 1.165) is 65.8 Å². The summed E-state index contributed by atoms with van der Waals surface area (Å²) in [4.78, 5) is 58.6. The van der Waals surface area contributed by atoms with E-state index < -0.39 is 46.2 Å². The molecular weight excluding hydrogens is 704 g/mol. The zero-order valence-corrected chi connectivity index (χ0v) is 34.8. The predicted octanol–water partition coefficient (Wildman–Crippen LogP) is 7.92. The first-order valence-electron chi connectivity index (χ1n) is 19.8. The lowest BCUT2D eigenvalue weighted by atomic mass is 9.78. The average molecular weight is 767 g/mol. The van der Waals surface area contributed by atoms with E-state index in [1.54, 1.807) is 27.9 Å². The Morgan fingerprint density at radius 3 is 2.31 bits per heavy atom. The number of methoxy groups -OCH3 is 2. The molecule has 1 spiro atoms. The van der Waals surface area contributed by atoms with Crippen LogP contribution < -0.4 is 9.47 Å². The Morgan fingerprint density at radius 2 is 1.67 bits per heavy atom.